The van der Waals surface area contributed by atoms with Crippen LogP contribution in [0, 0.1) is 13.8 Å². The molecular formula is C44H52N4O6. The van der Waals surface area contributed by atoms with Crippen molar-refractivity contribution in [3.63, 3.8) is 0 Å². The lowest BCUT2D eigenvalue weighted by Gasteiger charge is -2.34. The third-order valence-electron chi connectivity index (χ3n) is 11.3. The van der Waals surface area contributed by atoms with Gasteiger partial charge in [-0.3, -0.25) is 19.2 Å². The Balaban J connectivity index is 0.000000167. The van der Waals surface area contributed by atoms with Crippen molar-refractivity contribution in [2.75, 3.05) is 36.1 Å². The first kappa shape index (κ1) is 37.5. The van der Waals surface area contributed by atoms with Crippen LogP contribution in [0.1, 0.15) is 73.6 Å². The van der Waals surface area contributed by atoms with Gasteiger partial charge in [0.05, 0.1) is 25.3 Å². The van der Waals surface area contributed by atoms with Gasteiger partial charge in [0, 0.05) is 75.0 Å². The molecule has 2 unspecified atom stereocenters. The maximum Gasteiger partial charge on any atom is 0.253 e. The lowest BCUT2D eigenvalue weighted by Crippen LogP contribution is -2.42. The molecule has 4 aliphatic rings. The number of amides is 2. The molecule has 4 aromatic rings. The molecule has 0 bridgehead atoms. The smallest absolute Gasteiger partial charge is 0.253 e. The molecular weight excluding hydrogens is 681 g/mol. The van der Waals surface area contributed by atoms with E-state index in [0.717, 1.165) is 109 Å². The number of benzene rings is 2. The first-order chi connectivity index (χ1) is 26.0. The quantitative estimate of drug-likeness (QED) is 0.227. The number of ether oxygens (including phenoxy) is 2. The van der Waals surface area contributed by atoms with Gasteiger partial charge in [0.25, 0.3) is 11.1 Å². The number of rotatable bonds is 6. The first-order valence-corrected chi connectivity index (χ1v) is 19.5. The highest BCUT2D eigenvalue weighted by Gasteiger charge is 2.30. The normalized spacial score (nSPS) is 19.9. The molecule has 0 N–H and O–H groups in total. The zero-order valence-corrected chi connectivity index (χ0v) is 32.1. The van der Waals surface area contributed by atoms with Crippen molar-refractivity contribution in [3.05, 3.63) is 104 Å². The summed E-state index contributed by atoms with van der Waals surface area (Å²) in [6.45, 7) is 6.50. The van der Waals surface area contributed by atoms with Crippen LogP contribution < -0.4 is 20.9 Å². The number of hydrogen-bond acceptors (Lipinski definition) is 6. The Morgan fingerprint density at radius 3 is 1.35 bits per heavy atom. The molecule has 10 heteroatoms. The third-order valence-corrected chi connectivity index (χ3v) is 11.3. The minimum Gasteiger partial charge on any atom is -0.376 e. The Bertz CT molecular complexity index is 1950. The van der Waals surface area contributed by atoms with E-state index in [1.165, 1.54) is 11.1 Å². The number of aromatic nitrogens is 2. The lowest BCUT2D eigenvalue weighted by atomic mass is 9.95. The first-order valence-electron chi connectivity index (χ1n) is 19.5. The van der Waals surface area contributed by atoms with E-state index < -0.39 is 0 Å². The lowest BCUT2D eigenvalue weighted by molar-refractivity contribution is -0.120. The van der Waals surface area contributed by atoms with Crippen molar-refractivity contribution in [2.24, 2.45) is 14.1 Å². The molecule has 10 nitrogen and oxygen atoms in total. The van der Waals surface area contributed by atoms with Gasteiger partial charge in [-0.05, 0) is 123 Å². The van der Waals surface area contributed by atoms with Crippen molar-refractivity contribution >= 4 is 23.2 Å². The molecule has 6 heterocycles. The minimum absolute atomic E-state index is 0.0166. The van der Waals surface area contributed by atoms with Crippen LogP contribution in [0.15, 0.2) is 70.5 Å². The Kier molecular flexibility index (Phi) is 11.3. The van der Waals surface area contributed by atoms with Gasteiger partial charge >= 0.3 is 0 Å². The Hall–Kier alpha value is -4.80. The molecule has 2 aromatic carbocycles. The van der Waals surface area contributed by atoms with Crippen molar-refractivity contribution in [1.29, 1.82) is 0 Å². The van der Waals surface area contributed by atoms with Gasteiger partial charge in [0.1, 0.15) is 0 Å². The fourth-order valence-corrected chi connectivity index (χ4v) is 8.22. The highest BCUT2D eigenvalue weighted by Crippen LogP contribution is 2.35. The molecule has 0 saturated carbocycles. The molecule has 0 spiro atoms. The van der Waals surface area contributed by atoms with Crippen LogP contribution in [0.4, 0.5) is 11.4 Å². The second-order valence-electron chi connectivity index (χ2n) is 15.3. The van der Waals surface area contributed by atoms with Gasteiger partial charge in [-0.1, -0.05) is 24.3 Å². The highest BCUT2D eigenvalue weighted by molar-refractivity contribution is 5.98. The molecule has 2 fully saturated rings. The van der Waals surface area contributed by atoms with Gasteiger partial charge in [0.2, 0.25) is 11.8 Å². The fourth-order valence-electron chi connectivity index (χ4n) is 8.22. The molecule has 2 atom stereocenters. The summed E-state index contributed by atoms with van der Waals surface area (Å²) in [4.78, 5) is 53.1. The van der Waals surface area contributed by atoms with Crippen molar-refractivity contribution < 1.29 is 19.1 Å². The Morgan fingerprint density at radius 1 is 0.556 bits per heavy atom. The average molecular weight is 733 g/mol. The van der Waals surface area contributed by atoms with Crippen LogP contribution in [0.2, 0.25) is 0 Å². The summed E-state index contributed by atoms with van der Waals surface area (Å²) < 4.78 is 15.0. The Labute approximate surface area is 317 Å². The van der Waals surface area contributed by atoms with Crippen LogP contribution in [0.25, 0.3) is 22.3 Å². The van der Waals surface area contributed by atoms with Crippen molar-refractivity contribution in [3.8, 4) is 22.3 Å². The molecule has 54 heavy (non-hydrogen) atoms. The molecule has 0 aliphatic carbocycles. The van der Waals surface area contributed by atoms with Gasteiger partial charge < -0.3 is 28.4 Å². The summed E-state index contributed by atoms with van der Waals surface area (Å²) in [5, 5.41) is 0. The number of anilines is 2. The van der Waals surface area contributed by atoms with Crippen LogP contribution in [0.5, 0.6) is 0 Å². The average Bonchev–Trinajstić information content (AvgIpc) is 3.18. The van der Waals surface area contributed by atoms with Gasteiger partial charge in [-0.15, -0.1) is 0 Å². The van der Waals surface area contributed by atoms with Gasteiger partial charge in [-0.2, -0.15) is 0 Å². The molecule has 4 aliphatic heterocycles. The Morgan fingerprint density at radius 2 is 0.981 bits per heavy atom. The van der Waals surface area contributed by atoms with E-state index in [2.05, 4.69) is 36.4 Å². The fraction of sp³-hybridized carbons (Fsp3) is 0.455. The molecule has 0 radical (unpaired) electrons. The van der Waals surface area contributed by atoms with Crippen molar-refractivity contribution in [1.82, 2.24) is 9.13 Å². The number of fused-ring (bicyclic) bond motifs is 2. The second-order valence-corrected chi connectivity index (χ2v) is 15.3. The summed E-state index contributed by atoms with van der Waals surface area (Å²) in [5.74, 6) is 0.343. The van der Waals surface area contributed by atoms with E-state index in [1.807, 2.05) is 48.2 Å². The van der Waals surface area contributed by atoms with Crippen LogP contribution in [0.3, 0.4) is 0 Å². The van der Waals surface area contributed by atoms with Gasteiger partial charge in [0.15, 0.2) is 0 Å². The van der Waals surface area contributed by atoms with Crippen molar-refractivity contribution in [2.45, 2.75) is 90.3 Å². The maximum atomic E-state index is 12.7. The summed E-state index contributed by atoms with van der Waals surface area (Å²) in [5.41, 5.74) is 9.89. The summed E-state index contributed by atoms with van der Waals surface area (Å²) in [7, 11) is 3.54. The highest BCUT2D eigenvalue weighted by atomic mass is 16.5. The predicted molar refractivity (Wildman–Crippen MR) is 212 cm³/mol. The topological polar surface area (TPSA) is 103 Å². The number of aryl methyl sites for hydroxylation is 6. The largest absolute Gasteiger partial charge is 0.376 e. The number of hydrogen-bond donors (Lipinski definition) is 0. The minimum atomic E-state index is 0.0166. The molecule has 284 valence electrons. The summed E-state index contributed by atoms with van der Waals surface area (Å²) >= 11 is 0. The summed E-state index contributed by atoms with van der Waals surface area (Å²) in [6.07, 6.45) is 13.2. The molecule has 2 saturated heterocycles. The monoisotopic (exact) mass is 732 g/mol. The zero-order valence-electron chi connectivity index (χ0n) is 32.1. The number of carbonyl (C=O) groups is 2. The van der Waals surface area contributed by atoms with Crippen LogP contribution in [-0.4, -0.2) is 59.5 Å². The second kappa shape index (κ2) is 16.3. The van der Waals surface area contributed by atoms with Crippen LogP contribution in [-0.2, 0) is 46.0 Å². The van der Waals surface area contributed by atoms with E-state index in [9.17, 15) is 19.2 Å². The standard InChI is InChI=1S/2C22H26N2O3/c2*1-15-11-18(13-23(2)22(15)26)17-7-6-16-8-9-21(25)24(20(16)12-17)14-19-5-3-4-10-27-19/h2*6-7,11-13,19H,3-5,8-10,14H2,1-2H3. The zero-order chi connectivity index (χ0) is 37.9. The predicted octanol–water partition coefficient (Wildman–Crippen LogP) is 6.42. The number of nitrogens with zero attached hydrogens (tertiary/aromatic N) is 4. The van der Waals surface area contributed by atoms with E-state index >= 15 is 0 Å². The molecule has 2 amide bonds. The SMILES string of the molecule is Cc1cc(-c2ccc3c(c2)N(CC2CCCCO2)C(=O)CC3)cn(C)c1=O.Cc1cc(-c2ccc3c(c2)N(CC2CCCCO2)C(=O)CC3)cn(C)c1=O. The van der Waals surface area contributed by atoms with E-state index in [-0.39, 0.29) is 35.1 Å². The third kappa shape index (κ3) is 8.15. The van der Waals surface area contributed by atoms with Gasteiger partial charge in [-0.25, -0.2) is 0 Å². The number of pyridine rings is 2. The van der Waals surface area contributed by atoms with E-state index in [0.29, 0.717) is 25.9 Å². The summed E-state index contributed by atoms with van der Waals surface area (Å²) in [6, 6.07) is 16.4. The molecule has 2 aromatic heterocycles. The van der Waals surface area contributed by atoms with Crippen LogP contribution >= 0.6 is 0 Å². The van der Waals surface area contributed by atoms with E-state index in [4.69, 9.17) is 9.47 Å². The van der Waals surface area contributed by atoms with E-state index in [1.54, 1.807) is 23.2 Å². The number of carbonyl (C=O) groups excluding carboxylic acids is 2. The maximum absolute atomic E-state index is 12.7. The molecule has 8 rings (SSSR count).